The Labute approximate surface area is 168 Å². The third kappa shape index (κ3) is 4.91. The van der Waals surface area contributed by atoms with E-state index in [4.69, 9.17) is 4.74 Å². The van der Waals surface area contributed by atoms with Gasteiger partial charge in [-0.25, -0.2) is 12.8 Å². The van der Waals surface area contributed by atoms with Gasteiger partial charge in [-0.1, -0.05) is 12.1 Å². The molecule has 29 heavy (non-hydrogen) atoms. The molecule has 0 atom stereocenters. The van der Waals surface area contributed by atoms with Crippen LogP contribution in [0.2, 0.25) is 0 Å². The number of methoxy groups -OCH3 is 1. The SMILES string of the molecule is COc1ccc(NC(=O)CNc2ccccc2S(=O)(=O)c2ccc(F)cc2)cc1. The van der Waals surface area contributed by atoms with E-state index in [0.717, 1.165) is 12.1 Å². The molecule has 0 aliphatic rings. The Morgan fingerprint density at radius 3 is 2.28 bits per heavy atom. The Kier molecular flexibility index (Phi) is 6.13. The molecule has 6 nitrogen and oxygen atoms in total. The number of nitrogens with one attached hydrogen (secondary N) is 2. The van der Waals surface area contributed by atoms with E-state index in [2.05, 4.69) is 10.6 Å². The fourth-order valence-electron chi connectivity index (χ4n) is 2.64. The molecule has 1 amide bonds. The average Bonchev–Trinajstić information content (AvgIpc) is 2.73. The minimum atomic E-state index is -3.88. The summed E-state index contributed by atoms with van der Waals surface area (Å²) >= 11 is 0. The van der Waals surface area contributed by atoms with Gasteiger partial charge in [0.2, 0.25) is 15.7 Å². The van der Waals surface area contributed by atoms with Crippen LogP contribution in [0.15, 0.2) is 82.6 Å². The second kappa shape index (κ2) is 8.74. The molecule has 3 rings (SSSR count). The van der Waals surface area contributed by atoms with Crippen molar-refractivity contribution < 1.29 is 22.3 Å². The van der Waals surface area contributed by atoms with Crippen LogP contribution < -0.4 is 15.4 Å². The quantitative estimate of drug-likeness (QED) is 0.576. The van der Waals surface area contributed by atoms with Gasteiger partial charge < -0.3 is 15.4 Å². The highest BCUT2D eigenvalue weighted by atomic mass is 32.2. The van der Waals surface area contributed by atoms with Crippen LogP contribution in [0, 0.1) is 5.82 Å². The smallest absolute Gasteiger partial charge is 0.243 e. The van der Waals surface area contributed by atoms with Crippen molar-refractivity contribution in [2.45, 2.75) is 9.79 Å². The molecule has 0 radical (unpaired) electrons. The molecular formula is C21H19FN2O4S. The molecule has 3 aromatic rings. The number of carbonyl (C=O) groups excluding carboxylic acids is 1. The van der Waals surface area contributed by atoms with Crippen LogP contribution in [0.5, 0.6) is 5.75 Å². The lowest BCUT2D eigenvalue weighted by Crippen LogP contribution is -2.22. The third-order valence-corrected chi connectivity index (χ3v) is 5.94. The predicted molar refractivity (Wildman–Crippen MR) is 108 cm³/mol. The summed E-state index contributed by atoms with van der Waals surface area (Å²) in [6, 6.07) is 17.7. The van der Waals surface area contributed by atoms with Gasteiger partial charge in [-0.2, -0.15) is 0 Å². The lowest BCUT2D eigenvalue weighted by molar-refractivity contribution is -0.114. The van der Waals surface area contributed by atoms with Gasteiger partial charge >= 0.3 is 0 Å². The summed E-state index contributed by atoms with van der Waals surface area (Å²) < 4.78 is 44.0. The first-order chi connectivity index (χ1) is 13.9. The van der Waals surface area contributed by atoms with E-state index in [-0.39, 0.29) is 27.9 Å². The number of hydrogen-bond acceptors (Lipinski definition) is 5. The molecule has 0 spiro atoms. The number of hydrogen-bond donors (Lipinski definition) is 2. The molecule has 0 bridgehead atoms. The summed E-state index contributed by atoms with van der Waals surface area (Å²) in [4.78, 5) is 12.2. The molecule has 0 heterocycles. The molecule has 0 aromatic heterocycles. The van der Waals surface area contributed by atoms with Crippen LogP contribution in [-0.4, -0.2) is 28.0 Å². The first-order valence-electron chi connectivity index (χ1n) is 8.67. The lowest BCUT2D eigenvalue weighted by Gasteiger charge is -2.13. The summed E-state index contributed by atoms with van der Waals surface area (Å²) in [6.07, 6.45) is 0. The Bertz CT molecular complexity index is 1100. The number of para-hydroxylation sites is 1. The molecule has 0 aliphatic heterocycles. The lowest BCUT2D eigenvalue weighted by atomic mass is 10.3. The molecule has 150 valence electrons. The number of anilines is 2. The molecule has 0 unspecified atom stereocenters. The number of amides is 1. The summed E-state index contributed by atoms with van der Waals surface area (Å²) in [5, 5.41) is 5.56. The Morgan fingerprint density at radius 1 is 0.966 bits per heavy atom. The number of carbonyl (C=O) groups is 1. The highest BCUT2D eigenvalue weighted by Crippen LogP contribution is 2.27. The topological polar surface area (TPSA) is 84.5 Å². The summed E-state index contributed by atoms with van der Waals surface area (Å²) in [7, 11) is -2.33. The Morgan fingerprint density at radius 2 is 1.62 bits per heavy atom. The standard InChI is InChI=1S/C21H19FN2O4S/c1-28-17-10-8-16(9-11-17)24-21(25)14-23-19-4-2-3-5-20(19)29(26,27)18-12-6-15(22)7-13-18/h2-13,23H,14H2,1H3,(H,24,25). The van der Waals surface area contributed by atoms with Gasteiger partial charge in [0.1, 0.15) is 11.6 Å². The summed E-state index contributed by atoms with van der Waals surface area (Å²) in [5.74, 6) is -0.198. The maximum Gasteiger partial charge on any atom is 0.243 e. The van der Waals surface area contributed by atoms with Gasteiger partial charge in [-0.15, -0.1) is 0 Å². The van der Waals surface area contributed by atoms with E-state index in [1.807, 2.05) is 0 Å². The van der Waals surface area contributed by atoms with Crippen molar-refractivity contribution in [3.05, 3.63) is 78.6 Å². The number of ether oxygens (including phenoxy) is 1. The van der Waals surface area contributed by atoms with E-state index in [1.54, 1.807) is 49.6 Å². The second-order valence-electron chi connectivity index (χ2n) is 6.08. The number of benzene rings is 3. The van der Waals surface area contributed by atoms with Crippen molar-refractivity contribution in [2.75, 3.05) is 24.3 Å². The minimum absolute atomic E-state index is 0.00357. The van der Waals surface area contributed by atoms with Gasteiger partial charge in [-0.05, 0) is 60.7 Å². The van der Waals surface area contributed by atoms with Crippen LogP contribution in [0.1, 0.15) is 0 Å². The number of halogens is 1. The van der Waals surface area contributed by atoms with E-state index >= 15 is 0 Å². The predicted octanol–water partition coefficient (Wildman–Crippen LogP) is 3.72. The number of rotatable bonds is 7. The molecule has 0 saturated carbocycles. The Hall–Kier alpha value is -3.39. The number of sulfone groups is 1. The van der Waals surface area contributed by atoms with Crippen LogP contribution in [0.25, 0.3) is 0 Å². The van der Waals surface area contributed by atoms with E-state index < -0.39 is 15.7 Å². The molecule has 8 heteroatoms. The zero-order valence-corrected chi connectivity index (χ0v) is 16.4. The molecule has 0 saturated heterocycles. The van der Waals surface area contributed by atoms with E-state index in [9.17, 15) is 17.6 Å². The van der Waals surface area contributed by atoms with Crippen LogP contribution >= 0.6 is 0 Å². The van der Waals surface area contributed by atoms with Crippen molar-refractivity contribution in [2.24, 2.45) is 0 Å². The van der Waals surface area contributed by atoms with Crippen molar-refractivity contribution >= 4 is 27.1 Å². The molecular weight excluding hydrogens is 395 g/mol. The van der Waals surface area contributed by atoms with E-state index in [0.29, 0.717) is 11.4 Å². The van der Waals surface area contributed by atoms with Crippen LogP contribution in [-0.2, 0) is 14.6 Å². The van der Waals surface area contributed by atoms with Gasteiger partial charge in [0.15, 0.2) is 0 Å². The van der Waals surface area contributed by atoms with Gasteiger partial charge in [0.05, 0.1) is 29.1 Å². The highest BCUT2D eigenvalue weighted by molar-refractivity contribution is 7.91. The van der Waals surface area contributed by atoms with Crippen molar-refractivity contribution in [1.29, 1.82) is 0 Å². The van der Waals surface area contributed by atoms with E-state index in [1.165, 1.54) is 18.2 Å². The summed E-state index contributed by atoms with van der Waals surface area (Å²) in [5.41, 5.74) is 0.867. The maximum absolute atomic E-state index is 13.1. The first kappa shape index (κ1) is 20.3. The fraction of sp³-hybridized carbons (Fsp3) is 0.0952. The second-order valence-corrected chi connectivity index (χ2v) is 8.00. The third-order valence-electron chi connectivity index (χ3n) is 4.11. The highest BCUT2D eigenvalue weighted by Gasteiger charge is 2.21. The largest absolute Gasteiger partial charge is 0.497 e. The molecule has 3 aromatic carbocycles. The Balaban J connectivity index is 1.73. The van der Waals surface area contributed by atoms with Crippen molar-refractivity contribution in [3.8, 4) is 5.75 Å². The van der Waals surface area contributed by atoms with Crippen molar-refractivity contribution in [3.63, 3.8) is 0 Å². The zero-order valence-electron chi connectivity index (χ0n) is 15.6. The monoisotopic (exact) mass is 414 g/mol. The maximum atomic E-state index is 13.1. The normalized spacial score (nSPS) is 11.0. The molecule has 0 fully saturated rings. The van der Waals surface area contributed by atoms with Gasteiger partial charge in [0, 0.05) is 5.69 Å². The molecule has 0 aliphatic carbocycles. The van der Waals surface area contributed by atoms with Crippen LogP contribution in [0.4, 0.5) is 15.8 Å². The van der Waals surface area contributed by atoms with Crippen LogP contribution in [0.3, 0.4) is 0 Å². The van der Waals surface area contributed by atoms with Crippen molar-refractivity contribution in [1.82, 2.24) is 0 Å². The molecule has 2 N–H and O–H groups in total. The zero-order chi connectivity index (χ0) is 20.9. The fourth-order valence-corrected chi connectivity index (χ4v) is 4.08. The van der Waals surface area contributed by atoms with Gasteiger partial charge in [0.25, 0.3) is 0 Å². The average molecular weight is 414 g/mol. The van der Waals surface area contributed by atoms with Gasteiger partial charge in [-0.3, -0.25) is 4.79 Å². The minimum Gasteiger partial charge on any atom is -0.497 e. The summed E-state index contributed by atoms with van der Waals surface area (Å²) in [6.45, 7) is -0.137. The first-order valence-corrected chi connectivity index (χ1v) is 10.2.